The fourth-order valence-corrected chi connectivity index (χ4v) is 3.19. The van der Waals surface area contributed by atoms with E-state index in [9.17, 15) is 9.59 Å². The van der Waals surface area contributed by atoms with Gasteiger partial charge in [0.1, 0.15) is 11.7 Å². The van der Waals surface area contributed by atoms with Gasteiger partial charge in [-0.1, -0.05) is 0 Å². The van der Waals surface area contributed by atoms with Crippen LogP contribution in [-0.2, 0) is 11.8 Å². The molecule has 0 aliphatic carbocycles. The molecule has 0 bridgehead atoms. The van der Waals surface area contributed by atoms with Crippen molar-refractivity contribution in [1.82, 2.24) is 14.7 Å². The van der Waals surface area contributed by atoms with Crippen LogP contribution in [0.4, 0.5) is 5.82 Å². The van der Waals surface area contributed by atoms with Gasteiger partial charge in [0.25, 0.3) is 5.56 Å². The molecule has 0 spiro atoms. The van der Waals surface area contributed by atoms with Crippen molar-refractivity contribution in [2.24, 2.45) is 18.7 Å². The van der Waals surface area contributed by atoms with Gasteiger partial charge in [-0.25, -0.2) is 4.68 Å². The average Bonchev–Trinajstić information content (AvgIpc) is 2.56. The number of rotatable bonds is 6. The average molecular weight is 356 g/mol. The second-order valence-corrected chi connectivity index (χ2v) is 6.76. The molecule has 0 saturated carbocycles. The smallest absolute Gasteiger partial charge is 0.266 e. The number of carbonyl (C=O) groups is 1. The molecule has 24 heavy (non-hydrogen) atoms. The lowest BCUT2D eigenvalue weighted by Gasteiger charge is -2.35. The molecule has 1 aromatic heterocycles. The predicted octanol–water partition coefficient (Wildman–Crippen LogP) is 0.411. The molecule has 0 unspecified atom stereocenters. The number of hydrogen-bond acceptors (Lipinski definition) is 5. The third kappa shape index (κ3) is 4.95. The van der Waals surface area contributed by atoms with Gasteiger partial charge in [0.05, 0.1) is 0 Å². The van der Waals surface area contributed by atoms with E-state index in [0.29, 0.717) is 19.0 Å². The van der Waals surface area contributed by atoms with Gasteiger partial charge in [-0.2, -0.15) is 5.10 Å². The second-order valence-electron chi connectivity index (χ2n) is 6.49. The number of halogens is 1. The van der Waals surface area contributed by atoms with Gasteiger partial charge < -0.3 is 15.5 Å². The van der Waals surface area contributed by atoms with Gasteiger partial charge >= 0.3 is 0 Å². The molecule has 1 atom stereocenters. The number of aryl methyl sites for hydroxylation is 1. The minimum atomic E-state index is -0.111. The Morgan fingerprint density at radius 3 is 2.67 bits per heavy atom. The highest BCUT2D eigenvalue weighted by Gasteiger charge is 2.24. The largest absolute Gasteiger partial charge is 0.355 e. The zero-order valence-electron chi connectivity index (χ0n) is 14.3. The van der Waals surface area contributed by atoms with E-state index < -0.39 is 0 Å². The van der Waals surface area contributed by atoms with E-state index >= 15 is 0 Å². The lowest BCUT2D eigenvalue weighted by molar-refractivity contribution is -0.129. The summed E-state index contributed by atoms with van der Waals surface area (Å²) in [5.41, 5.74) is 5.72. The van der Waals surface area contributed by atoms with E-state index in [1.54, 1.807) is 18.0 Å². The van der Waals surface area contributed by atoms with Gasteiger partial charge in [-0.05, 0) is 31.7 Å². The molecule has 0 radical (unpaired) electrons. The zero-order valence-corrected chi connectivity index (χ0v) is 15.1. The van der Waals surface area contributed by atoms with E-state index in [1.165, 1.54) is 10.7 Å². The Morgan fingerprint density at radius 1 is 1.46 bits per heavy atom. The molecule has 0 aromatic carbocycles. The SMILES string of the molecule is C[C@H](N)CN(CC1CCN(c2ccc(=O)n(C)n2)CC1)C(=O)CCl. The molecule has 8 heteroatoms. The van der Waals surface area contributed by atoms with Crippen molar-refractivity contribution >= 4 is 23.3 Å². The summed E-state index contributed by atoms with van der Waals surface area (Å²) in [6, 6.07) is 3.24. The number of anilines is 1. The molecule has 1 aromatic rings. The van der Waals surface area contributed by atoms with Crippen molar-refractivity contribution in [2.45, 2.75) is 25.8 Å². The first kappa shape index (κ1) is 18.7. The van der Waals surface area contributed by atoms with Crippen LogP contribution in [0.3, 0.4) is 0 Å². The fourth-order valence-electron chi connectivity index (χ4n) is 3.03. The number of alkyl halides is 1. The number of piperidine rings is 1. The Balaban J connectivity index is 1.92. The first-order chi connectivity index (χ1) is 11.4. The summed E-state index contributed by atoms with van der Waals surface area (Å²) in [6.45, 7) is 4.84. The van der Waals surface area contributed by atoms with Gasteiger partial charge in [0.2, 0.25) is 5.91 Å². The zero-order chi connectivity index (χ0) is 17.7. The van der Waals surface area contributed by atoms with E-state index in [0.717, 1.165) is 31.7 Å². The van der Waals surface area contributed by atoms with Crippen molar-refractivity contribution in [3.8, 4) is 0 Å². The van der Waals surface area contributed by atoms with Gasteiger partial charge in [-0.15, -0.1) is 11.6 Å². The quantitative estimate of drug-likeness (QED) is 0.747. The van der Waals surface area contributed by atoms with Crippen LogP contribution in [0.15, 0.2) is 16.9 Å². The Hall–Kier alpha value is -1.60. The Kier molecular flexibility index (Phi) is 6.62. The van der Waals surface area contributed by atoms with Crippen molar-refractivity contribution in [3.63, 3.8) is 0 Å². The van der Waals surface area contributed by atoms with E-state index in [1.807, 2.05) is 6.92 Å². The van der Waals surface area contributed by atoms with Crippen LogP contribution < -0.4 is 16.2 Å². The van der Waals surface area contributed by atoms with Crippen LogP contribution >= 0.6 is 11.6 Å². The van der Waals surface area contributed by atoms with Crippen molar-refractivity contribution < 1.29 is 4.79 Å². The highest BCUT2D eigenvalue weighted by molar-refractivity contribution is 6.27. The molecule has 1 fully saturated rings. The first-order valence-corrected chi connectivity index (χ1v) is 8.82. The van der Waals surface area contributed by atoms with Crippen LogP contribution in [-0.4, -0.2) is 58.7 Å². The maximum atomic E-state index is 12.0. The monoisotopic (exact) mass is 355 g/mol. The maximum absolute atomic E-state index is 12.0. The molecule has 2 N–H and O–H groups in total. The molecule has 134 valence electrons. The second kappa shape index (κ2) is 8.48. The van der Waals surface area contributed by atoms with Crippen molar-refractivity contribution in [1.29, 1.82) is 0 Å². The highest BCUT2D eigenvalue weighted by atomic mass is 35.5. The molecular formula is C16H26ClN5O2. The van der Waals surface area contributed by atoms with E-state index in [4.69, 9.17) is 17.3 Å². The number of carbonyl (C=O) groups excluding carboxylic acids is 1. The maximum Gasteiger partial charge on any atom is 0.266 e. The number of amides is 1. The summed E-state index contributed by atoms with van der Waals surface area (Å²) in [5, 5.41) is 4.29. The van der Waals surface area contributed by atoms with Gasteiger partial charge in [0, 0.05) is 45.3 Å². The Labute approximate surface area is 147 Å². The molecule has 2 heterocycles. The number of nitrogens with two attached hydrogens (primary N) is 1. The lowest BCUT2D eigenvalue weighted by atomic mass is 9.96. The summed E-state index contributed by atoms with van der Waals surface area (Å²) >= 11 is 5.70. The van der Waals surface area contributed by atoms with Gasteiger partial charge in [0.15, 0.2) is 0 Å². The lowest BCUT2D eigenvalue weighted by Crippen LogP contribution is -2.45. The summed E-state index contributed by atoms with van der Waals surface area (Å²) < 4.78 is 1.35. The minimum Gasteiger partial charge on any atom is -0.355 e. The first-order valence-electron chi connectivity index (χ1n) is 8.29. The van der Waals surface area contributed by atoms with Crippen molar-refractivity contribution in [2.75, 3.05) is 37.0 Å². The summed E-state index contributed by atoms with van der Waals surface area (Å²) in [6.07, 6.45) is 1.94. The molecule has 1 aliphatic rings. The Morgan fingerprint density at radius 2 is 2.12 bits per heavy atom. The van der Waals surface area contributed by atoms with E-state index in [2.05, 4.69) is 10.00 Å². The predicted molar refractivity (Wildman–Crippen MR) is 95.4 cm³/mol. The highest BCUT2D eigenvalue weighted by Crippen LogP contribution is 2.22. The molecule has 7 nitrogen and oxygen atoms in total. The molecule has 1 amide bonds. The topological polar surface area (TPSA) is 84.5 Å². The molecule has 1 aliphatic heterocycles. The van der Waals surface area contributed by atoms with Crippen LogP contribution in [0.1, 0.15) is 19.8 Å². The van der Waals surface area contributed by atoms with Crippen LogP contribution in [0.5, 0.6) is 0 Å². The Bertz CT molecular complexity index is 611. The third-order valence-electron chi connectivity index (χ3n) is 4.34. The summed E-state index contributed by atoms with van der Waals surface area (Å²) in [4.78, 5) is 27.3. The van der Waals surface area contributed by atoms with Crippen LogP contribution in [0.2, 0.25) is 0 Å². The third-order valence-corrected chi connectivity index (χ3v) is 4.57. The molecule has 1 saturated heterocycles. The standard InChI is InChI=1S/C16H26ClN5O2/c1-12(18)10-22(16(24)9-17)11-13-5-7-21(8-6-13)14-3-4-15(23)20(2)19-14/h3-4,12-13H,5-11,18H2,1-2H3/t12-/m0/s1. The number of hydrogen-bond donors (Lipinski definition) is 1. The molecular weight excluding hydrogens is 330 g/mol. The number of nitrogens with zero attached hydrogens (tertiary/aromatic N) is 4. The minimum absolute atomic E-state index is 0.00642. The van der Waals surface area contributed by atoms with Gasteiger partial charge in [-0.3, -0.25) is 9.59 Å². The normalized spacial score (nSPS) is 16.9. The summed E-state index contributed by atoms with van der Waals surface area (Å²) in [5.74, 6) is 1.18. The fraction of sp³-hybridized carbons (Fsp3) is 0.688. The van der Waals surface area contributed by atoms with Crippen LogP contribution in [0, 0.1) is 5.92 Å². The van der Waals surface area contributed by atoms with E-state index in [-0.39, 0.29) is 23.4 Å². The summed E-state index contributed by atoms with van der Waals surface area (Å²) in [7, 11) is 1.65. The van der Waals surface area contributed by atoms with Crippen LogP contribution in [0.25, 0.3) is 0 Å². The van der Waals surface area contributed by atoms with Crippen molar-refractivity contribution in [3.05, 3.63) is 22.5 Å². The number of aromatic nitrogens is 2. The molecule has 2 rings (SSSR count).